The Bertz CT molecular complexity index is 952. The predicted molar refractivity (Wildman–Crippen MR) is 89.1 cm³/mol. The van der Waals surface area contributed by atoms with E-state index in [1.807, 2.05) is 18.2 Å². The molecule has 0 aliphatic heterocycles. The van der Waals surface area contributed by atoms with Crippen LogP contribution in [0.5, 0.6) is 0 Å². The van der Waals surface area contributed by atoms with Gasteiger partial charge in [0, 0.05) is 16.6 Å². The lowest BCUT2D eigenvalue weighted by Gasteiger charge is -2.07. The summed E-state index contributed by atoms with van der Waals surface area (Å²) in [7, 11) is 0. The van der Waals surface area contributed by atoms with Gasteiger partial charge in [-0.25, -0.2) is 4.98 Å². The van der Waals surface area contributed by atoms with Gasteiger partial charge >= 0.3 is 0 Å². The third-order valence-electron chi connectivity index (χ3n) is 3.78. The van der Waals surface area contributed by atoms with Gasteiger partial charge in [-0.05, 0) is 35.0 Å². The Morgan fingerprint density at radius 2 is 1.57 bits per heavy atom. The van der Waals surface area contributed by atoms with Crippen LogP contribution in [0, 0.1) is 0 Å². The molecule has 0 bridgehead atoms. The molecule has 100 valence electrons. The van der Waals surface area contributed by atoms with Gasteiger partial charge < -0.3 is 5.73 Å². The zero-order valence-electron chi connectivity index (χ0n) is 11.5. The summed E-state index contributed by atoms with van der Waals surface area (Å²) in [5, 5.41) is 3.52. The molecule has 21 heavy (non-hydrogen) atoms. The number of anilines is 1. The van der Waals surface area contributed by atoms with Crippen molar-refractivity contribution in [1.29, 1.82) is 0 Å². The van der Waals surface area contributed by atoms with Crippen molar-refractivity contribution < 1.29 is 0 Å². The maximum absolute atomic E-state index is 5.82. The number of hydrogen-bond donors (Lipinski definition) is 1. The first-order valence-electron chi connectivity index (χ1n) is 6.96. The Morgan fingerprint density at radius 1 is 0.714 bits per heavy atom. The lowest BCUT2D eigenvalue weighted by molar-refractivity contribution is 1.41. The Hall–Kier alpha value is -2.87. The molecule has 0 fully saturated rings. The zero-order chi connectivity index (χ0) is 14.2. The van der Waals surface area contributed by atoms with Crippen LogP contribution >= 0.6 is 0 Å². The SMILES string of the molecule is Nc1ccc2nc(-c3cccc4ccccc34)ccc2c1. The lowest BCUT2D eigenvalue weighted by atomic mass is 10.0. The molecule has 0 aliphatic rings. The van der Waals surface area contributed by atoms with Crippen LogP contribution in [0.1, 0.15) is 0 Å². The largest absolute Gasteiger partial charge is 0.399 e. The molecule has 0 amide bonds. The molecule has 0 saturated heterocycles. The molecule has 0 aliphatic carbocycles. The molecule has 3 aromatic carbocycles. The van der Waals surface area contributed by atoms with E-state index in [-0.39, 0.29) is 0 Å². The van der Waals surface area contributed by atoms with E-state index < -0.39 is 0 Å². The maximum Gasteiger partial charge on any atom is 0.0715 e. The number of nitrogens with zero attached hydrogens (tertiary/aromatic N) is 1. The number of pyridine rings is 1. The highest BCUT2D eigenvalue weighted by Crippen LogP contribution is 2.28. The Balaban J connectivity index is 1.98. The predicted octanol–water partition coefficient (Wildman–Crippen LogP) is 4.64. The van der Waals surface area contributed by atoms with Crippen molar-refractivity contribution in [2.24, 2.45) is 0 Å². The minimum absolute atomic E-state index is 0.766. The molecule has 4 rings (SSSR count). The summed E-state index contributed by atoms with van der Waals surface area (Å²) in [5.74, 6) is 0. The molecular weight excluding hydrogens is 256 g/mol. The minimum atomic E-state index is 0.766. The van der Waals surface area contributed by atoms with Crippen LogP contribution in [0.25, 0.3) is 32.9 Å². The fourth-order valence-corrected chi connectivity index (χ4v) is 2.74. The van der Waals surface area contributed by atoms with E-state index in [1.165, 1.54) is 10.8 Å². The van der Waals surface area contributed by atoms with E-state index in [2.05, 4.69) is 54.6 Å². The summed E-state index contributed by atoms with van der Waals surface area (Å²) in [5.41, 5.74) is 9.70. The van der Waals surface area contributed by atoms with Gasteiger partial charge in [0.25, 0.3) is 0 Å². The monoisotopic (exact) mass is 270 g/mol. The van der Waals surface area contributed by atoms with Gasteiger partial charge in [0.05, 0.1) is 11.2 Å². The van der Waals surface area contributed by atoms with Crippen molar-refractivity contribution in [3.05, 3.63) is 72.8 Å². The molecule has 4 aromatic rings. The highest BCUT2D eigenvalue weighted by atomic mass is 14.7. The van der Waals surface area contributed by atoms with Crippen molar-refractivity contribution in [1.82, 2.24) is 4.98 Å². The average Bonchev–Trinajstić information content (AvgIpc) is 2.54. The smallest absolute Gasteiger partial charge is 0.0715 e. The summed E-state index contributed by atoms with van der Waals surface area (Å²) in [4.78, 5) is 4.78. The Kier molecular flexibility index (Phi) is 2.61. The van der Waals surface area contributed by atoms with Gasteiger partial charge in [-0.2, -0.15) is 0 Å². The fourth-order valence-electron chi connectivity index (χ4n) is 2.74. The number of hydrogen-bond acceptors (Lipinski definition) is 2. The summed E-state index contributed by atoms with van der Waals surface area (Å²) in [6, 6.07) is 24.7. The second kappa shape index (κ2) is 4.60. The van der Waals surface area contributed by atoms with Gasteiger partial charge in [-0.3, -0.25) is 0 Å². The van der Waals surface area contributed by atoms with Crippen molar-refractivity contribution in [3.8, 4) is 11.3 Å². The molecule has 2 N–H and O–H groups in total. The number of fused-ring (bicyclic) bond motifs is 2. The third kappa shape index (κ3) is 2.01. The minimum Gasteiger partial charge on any atom is -0.399 e. The number of benzene rings is 3. The highest BCUT2D eigenvalue weighted by molar-refractivity contribution is 5.97. The molecule has 0 saturated carbocycles. The second-order valence-electron chi connectivity index (χ2n) is 5.18. The molecule has 0 atom stereocenters. The van der Waals surface area contributed by atoms with E-state index >= 15 is 0 Å². The summed E-state index contributed by atoms with van der Waals surface area (Å²) in [6.07, 6.45) is 0. The van der Waals surface area contributed by atoms with E-state index in [9.17, 15) is 0 Å². The van der Waals surface area contributed by atoms with Crippen LogP contribution in [0.3, 0.4) is 0 Å². The normalized spacial score (nSPS) is 11.0. The number of nitrogens with two attached hydrogens (primary N) is 1. The molecule has 1 aromatic heterocycles. The molecule has 2 nitrogen and oxygen atoms in total. The second-order valence-corrected chi connectivity index (χ2v) is 5.18. The fraction of sp³-hybridized carbons (Fsp3) is 0. The van der Waals surface area contributed by atoms with E-state index in [4.69, 9.17) is 10.7 Å². The van der Waals surface area contributed by atoms with Crippen LogP contribution < -0.4 is 5.73 Å². The Labute approximate surface area is 122 Å². The Morgan fingerprint density at radius 3 is 2.52 bits per heavy atom. The van der Waals surface area contributed by atoms with Crippen molar-refractivity contribution in [3.63, 3.8) is 0 Å². The standard InChI is InChI=1S/C19H14N2/c20-15-9-11-18-14(12-15)8-10-19(21-18)17-7-3-5-13-4-1-2-6-16(13)17/h1-12H,20H2. The quantitative estimate of drug-likeness (QED) is 0.512. The van der Waals surface area contributed by atoms with E-state index in [0.29, 0.717) is 0 Å². The topological polar surface area (TPSA) is 38.9 Å². The summed E-state index contributed by atoms with van der Waals surface area (Å²) >= 11 is 0. The lowest BCUT2D eigenvalue weighted by Crippen LogP contribution is -1.89. The van der Waals surface area contributed by atoms with Gasteiger partial charge in [0.15, 0.2) is 0 Å². The van der Waals surface area contributed by atoms with Gasteiger partial charge in [0.1, 0.15) is 0 Å². The average molecular weight is 270 g/mol. The van der Waals surface area contributed by atoms with Crippen LogP contribution in [0.15, 0.2) is 72.8 Å². The van der Waals surface area contributed by atoms with Crippen molar-refractivity contribution in [2.75, 3.05) is 5.73 Å². The van der Waals surface area contributed by atoms with Crippen LogP contribution in [-0.2, 0) is 0 Å². The maximum atomic E-state index is 5.82. The highest BCUT2D eigenvalue weighted by Gasteiger charge is 2.05. The number of nitrogen functional groups attached to an aromatic ring is 1. The van der Waals surface area contributed by atoms with Crippen molar-refractivity contribution in [2.45, 2.75) is 0 Å². The summed E-state index contributed by atoms with van der Waals surface area (Å²) < 4.78 is 0. The van der Waals surface area contributed by atoms with Gasteiger partial charge in [-0.1, -0.05) is 48.5 Å². The van der Waals surface area contributed by atoms with Gasteiger partial charge in [0.2, 0.25) is 0 Å². The molecule has 0 unspecified atom stereocenters. The van der Waals surface area contributed by atoms with E-state index in [0.717, 1.165) is 27.8 Å². The molecule has 0 spiro atoms. The van der Waals surface area contributed by atoms with Crippen LogP contribution in [-0.4, -0.2) is 4.98 Å². The first-order chi connectivity index (χ1) is 10.3. The first-order valence-corrected chi connectivity index (χ1v) is 6.96. The molecular formula is C19H14N2. The van der Waals surface area contributed by atoms with Crippen molar-refractivity contribution >= 4 is 27.4 Å². The third-order valence-corrected chi connectivity index (χ3v) is 3.78. The van der Waals surface area contributed by atoms with Crippen LogP contribution in [0.2, 0.25) is 0 Å². The first kappa shape index (κ1) is 11.9. The van der Waals surface area contributed by atoms with Crippen LogP contribution in [0.4, 0.5) is 5.69 Å². The summed E-state index contributed by atoms with van der Waals surface area (Å²) in [6.45, 7) is 0. The van der Waals surface area contributed by atoms with Gasteiger partial charge in [-0.15, -0.1) is 0 Å². The zero-order valence-corrected chi connectivity index (χ0v) is 11.5. The number of rotatable bonds is 1. The molecule has 0 radical (unpaired) electrons. The van der Waals surface area contributed by atoms with E-state index in [1.54, 1.807) is 0 Å². The number of aromatic nitrogens is 1. The molecule has 2 heteroatoms. The molecule has 1 heterocycles.